The zero-order chi connectivity index (χ0) is 26.2. The number of rotatable bonds is 5. The Morgan fingerprint density at radius 2 is 1.37 bits per heavy atom. The van der Waals surface area contributed by atoms with Crippen LogP contribution in [0.1, 0.15) is 16.5 Å². The minimum Gasteiger partial charge on any atom is -0.331 e. The van der Waals surface area contributed by atoms with E-state index in [1.54, 1.807) is 24.3 Å². The number of carbonyl (C=O) groups is 2. The fourth-order valence-corrected chi connectivity index (χ4v) is 6.14. The third-order valence-corrected chi connectivity index (χ3v) is 8.21. The number of benzene rings is 4. The topological polar surface area (TPSA) is 54.3 Å². The summed E-state index contributed by atoms with van der Waals surface area (Å²) in [4.78, 5) is 27.5. The largest absolute Gasteiger partial charge is 0.331 e. The number of para-hydroxylation sites is 2. The summed E-state index contributed by atoms with van der Waals surface area (Å²) in [6.45, 7) is 0.0616. The average molecular weight is 558 g/mol. The Labute approximate surface area is 233 Å². The number of thioether (sulfide) groups is 1. The minimum atomic E-state index is -0.444. The van der Waals surface area contributed by atoms with Crippen LogP contribution in [-0.2, 0) is 16.1 Å². The lowest BCUT2D eigenvalue weighted by molar-refractivity contribution is -0.138. The van der Waals surface area contributed by atoms with E-state index < -0.39 is 5.37 Å². The van der Waals surface area contributed by atoms with Gasteiger partial charge in [0.2, 0.25) is 0 Å². The highest BCUT2D eigenvalue weighted by atomic mass is 35.5. The molecule has 1 N–H and O–H groups in total. The highest BCUT2D eigenvalue weighted by molar-refractivity contribution is 8.04. The maximum Gasteiger partial charge on any atom is 0.280 e. The summed E-state index contributed by atoms with van der Waals surface area (Å²) in [5.74, 6) is -0.572. The molecule has 1 atom stereocenters. The summed E-state index contributed by atoms with van der Waals surface area (Å²) in [5.41, 5.74) is 6.51. The minimum absolute atomic E-state index is 0.0616. The molecule has 0 saturated carbocycles. The van der Waals surface area contributed by atoms with E-state index in [-0.39, 0.29) is 18.4 Å². The summed E-state index contributed by atoms with van der Waals surface area (Å²) in [5, 5.41) is 4.34. The molecule has 2 amide bonds. The number of nitrogens with one attached hydrogen (secondary N) is 1. The summed E-state index contributed by atoms with van der Waals surface area (Å²) < 4.78 is 1.98. The predicted molar refractivity (Wildman–Crippen MR) is 156 cm³/mol. The smallest absolute Gasteiger partial charge is 0.280 e. The van der Waals surface area contributed by atoms with Crippen molar-refractivity contribution < 1.29 is 9.59 Å². The fraction of sp³-hybridized carbons (Fsp3) is 0.0667. The van der Waals surface area contributed by atoms with Crippen LogP contribution in [0.25, 0.3) is 27.9 Å². The van der Waals surface area contributed by atoms with Gasteiger partial charge in [-0.2, -0.15) is 0 Å². The molecule has 0 radical (unpaired) electrons. The van der Waals surface area contributed by atoms with Crippen molar-refractivity contribution >= 4 is 74.7 Å². The molecular weight excluding hydrogens is 537 g/mol. The van der Waals surface area contributed by atoms with E-state index in [0.29, 0.717) is 15.0 Å². The number of carbonyl (C=O) groups excluding carboxylic acids is 2. The molecule has 1 aliphatic rings. The van der Waals surface area contributed by atoms with Gasteiger partial charge in [-0.15, -0.1) is 0 Å². The number of nitrogens with zero attached hydrogens (tertiary/aromatic N) is 2. The molecule has 4 aromatic carbocycles. The monoisotopic (exact) mass is 557 g/mol. The molecular formula is C30H21Cl2N3O2S. The van der Waals surface area contributed by atoms with Crippen molar-refractivity contribution in [1.29, 1.82) is 0 Å². The molecule has 38 heavy (non-hydrogen) atoms. The summed E-state index contributed by atoms with van der Waals surface area (Å²) in [6.07, 6.45) is 1.81. The van der Waals surface area contributed by atoms with Crippen molar-refractivity contribution in [1.82, 2.24) is 15.0 Å². The number of hydrogen-bond acceptors (Lipinski definition) is 3. The Bertz CT molecular complexity index is 1660. The van der Waals surface area contributed by atoms with Crippen LogP contribution in [0, 0.1) is 0 Å². The molecule has 1 aromatic heterocycles. The Kier molecular flexibility index (Phi) is 6.62. The molecule has 8 heteroatoms. The SMILES string of the molecule is O=C(Cn1c2ccccc2c2ccccc21)NN1C(=O)/C(=C\c2ccc(Cl)cc2)SC1c1ccc(Cl)cc1. The van der Waals surface area contributed by atoms with Crippen LogP contribution < -0.4 is 5.43 Å². The lowest BCUT2D eigenvalue weighted by Crippen LogP contribution is -2.45. The van der Waals surface area contributed by atoms with Crippen LogP contribution >= 0.6 is 35.0 Å². The fourth-order valence-electron chi connectivity index (χ4n) is 4.70. The van der Waals surface area contributed by atoms with Crippen molar-refractivity contribution in [2.75, 3.05) is 0 Å². The second kappa shape index (κ2) is 10.2. The van der Waals surface area contributed by atoms with Crippen LogP contribution in [0.4, 0.5) is 0 Å². The van der Waals surface area contributed by atoms with Gasteiger partial charge in [-0.25, -0.2) is 5.01 Å². The number of aromatic nitrogens is 1. The standard InChI is InChI=1S/C30H21Cl2N3O2S/c31-21-13-9-19(10-14-21)17-27-29(37)35(30(38-27)20-11-15-22(32)16-12-20)33-28(36)18-34-25-7-3-1-5-23(25)24-6-2-4-8-26(24)34/h1-17,30H,18H2,(H,33,36)/b27-17+. The van der Waals surface area contributed by atoms with Gasteiger partial charge in [-0.05, 0) is 53.6 Å². The summed E-state index contributed by atoms with van der Waals surface area (Å²) >= 11 is 13.5. The first kappa shape index (κ1) is 24.6. The van der Waals surface area contributed by atoms with Crippen molar-refractivity contribution in [3.63, 3.8) is 0 Å². The Balaban J connectivity index is 1.32. The Hall–Kier alpha value is -3.71. The molecule has 0 aliphatic carbocycles. The third-order valence-electron chi connectivity index (χ3n) is 6.45. The van der Waals surface area contributed by atoms with Crippen LogP contribution in [0.2, 0.25) is 10.0 Å². The normalized spacial score (nSPS) is 16.6. The van der Waals surface area contributed by atoms with Gasteiger partial charge in [-0.1, -0.05) is 95.6 Å². The van der Waals surface area contributed by atoms with Crippen molar-refractivity contribution in [2.24, 2.45) is 0 Å². The number of halogens is 2. The van der Waals surface area contributed by atoms with E-state index >= 15 is 0 Å². The molecule has 6 rings (SSSR count). The number of hydrazine groups is 1. The molecule has 1 unspecified atom stereocenters. The van der Waals surface area contributed by atoms with E-state index in [0.717, 1.165) is 32.9 Å². The molecule has 1 aliphatic heterocycles. The number of fused-ring (bicyclic) bond motifs is 3. The molecule has 0 spiro atoms. The van der Waals surface area contributed by atoms with Gasteiger partial charge in [0.1, 0.15) is 11.9 Å². The Morgan fingerprint density at radius 1 is 0.816 bits per heavy atom. The highest BCUT2D eigenvalue weighted by Crippen LogP contribution is 2.45. The van der Waals surface area contributed by atoms with Crippen LogP contribution in [0.5, 0.6) is 0 Å². The molecule has 1 saturated heterocycles. The zero-order valence-electron chi connectivity index (χ0n) is 20.0. The maximum atomic E-state index is 13.6. The quantitative estimate of drug-likeness (QED) is 0.228. The average Bonchev–Trinajstić information content (AvgIpc) is 3.41. The van der Waals surface area contributed by atoms with Gasteiger partial charge in [0.15, 0.2) is 0 Å². The van der Waals surface area contributed by atoms with Gasteiger partial charge >= 0.3 is 0 Å². The van der Waals surface area contributed by atoms with E-state index in [2.05, 4.69) is 17.6 Å². The van der Waals surface area contributed by atoms with Crippen molar-refractivity contribution in [2.45, 2.75) is 11.9 Å². The first-order valence-corrected chi connectivity index (χ1v) is 13.6. The van der Waals surface area contributed by atoms with Crippen molar-refractivity contribution in [3.8, 4) is 0 Å². The predicted octanol–water partition coefficient (Wildman–Crippen LogP) is 7.45. The molecule has 0 bridgehead atoms. The molecule has 1 fully saturated rings. The van der Waals surface area contributed by atoms with E-state index in [1.165, 1.54) is 16.8 Å². The van der Waals surface area contributed by atoms with Crippen LogP contribution in [0.15, 0.2) is 102 Å². The number of hydrogen-bond donors (Lipinski definition) is 1. The second-order valence-corrected chi connectivity index (χ2v) is 10.9. The highest BCUT2D eigenvalue weighted by Gasteiger charge is 2.38. The summed E-state index contributed by atoms with van der Waals surface area (Å²) in [7, 11) is 0. The first-order valence-electron chi connectivity index (χ1n) is 12.0. The lowest BCUT2D eigenvalue weighted by Gasteiger charge is -2.24. The lowest BCUT2D eigenvalue weighted by atomic mass is 10.2. The maximum absolute atomic E-state index is 13.6. The van der Waals surface area contributed by atoms with Gasteiger partial charge in [0.05, 0.1) is 4.91 Å². The summed E-state index contributed by atoms with van der Waals surface area (Å²) in [6, 6.07) is 30.6. The van der Waals surface area contributed by atoms with Gasteiger partial charge in [0.25, 0.3) is 11.8 Å². The molecule has 188 valence electrons. The molecule has 5 nitrogen and oxygen atoms in total. The molecule has 2 heterocycles. The van der Waals surface area contributed by atoms with Gasteiger partial charge in [-0.3, -0.25) is 15.0 Å². The molecule has 5 aromatic rings. The number of amides is 2. The van der Waals surface area contributed by atoms with Crippen molar-refractivity contribution in [3.05, 3.63) is 123 Å². The zero-order valence-corrected chi connectivity index (χ0v) is 22.3. The third kappa shape index (κ3) is 4.67. The first-order chi connectivity index (χ1) is 18.5. The van der Waals surface area contributed by atoms with Crippen LogP contribution in [-0.4, -0.2) is 21.4 Å². The van der Waals surface area contributed by atoms with Gasteiger partial charge in [0, 0.05) is 31.9 Å². The van der Waals surface area contributed by atoms with E-state index in [1.807, 2.05) is 71.3 Å². The van der Waals surface area contributed by atoms with E-state index in [4.69, 9.17) is 23.2 Å². The van der Waals surface area contributed by atoms with Crippen LogP contribution in [0.3, 0.4) is 0 Å². The van der Waals surface area contributed by atoms with E-state index in [9.17, 15) is 9.59 Å². The second-order valence-electron chi connectivity index (χ2n) is 8.91. The van der Waals surface area contributed by atoms with Gasteiger partial charge < -0.3 is 4.57 Å². The Morgan fingerprint density at radius 3 is 1.97 bits per heavy atom.